The molecule has 0 radical (unpaired) electrons. The van der Waals surface area contributed by atoms with Gasteiger partial charge in [0.25, 0.3) is 5.91 Å². The van der Waals surface area contributed by atoms with Gasteiger partial charge in [-0.3, -0.25) is 9.59 Å². The first-order chi connectivity index (χ1) is 14.1. The van der Waals surface area contributed by atoms with Crippen molar-refractivity contribution >= 4 is 22.6 Å². The fourth-order valence-corrected chi connectivity index (χ4v) is 3.85. The van der Waals surface area contributed by atoms with Crippen LogP contribution < -0.4 is 9.47 Å². The number of carbonyl (C=O) groups excluding carboxylic acids is 2. The van der Waals surface area contributed by atoms with Crippen LogP contribution in [-0.4, -0.2) is 48.9 Å². The van der Waals surface area contributed by atoms with Gasteiger partial charge in [0.05, 0.1) is 14.2 Å². The molecule has 1 amide bonds. The number of amides is 1. The Bertz CT molecular complexity index is 1030. The average molecular weight is 392 g/mol. The molecule has 1 saturated heterocycles. The number of piperidine rings is 1. The number of ether oxygens (including phenoxy) is 2. The Hall–Kier alpha value is -3.28. The van der Waals surface area contributed by atoms with Gasteiger partial charge in [-0.05, 0) is 55.3 Å². The fourth-order valence-electron chi connectivity index (χ4n) is 3.85. The van der Waals surface area contributed by atoms with E-state index in [0.29, 0.717) is 37.2 Å². The Labute approximate surface area is 169 Å². The third kappa shape index (κ3) is 3.83. The number of nitrogens with one attached hydrogen (secondary N) is 1. The lowest BCUT2D eigenvalue weighted by Gasteiger charge is -2.31. The van der Waals surface area contributed by atoms with Gasteiger partial charge >= 0.3 is 0 Å². The van der Waals surface area contributed by atoms with Crippen LogP contribution in [0.5, 0.6) is 11.5 Å². The van der Waals surface area contributed by atoms with Crippen LogP contribution in [0.4, 0.5) is 0 Å². The molecule has 0 bridgehead atoms. The van der Waals surface area contributed by atoms with Crippen LogP contribution in [0.25, 0.3) is 10.9 Å². The van der Waals surface area contributed by atoms with Crippen LogP contribution in [-0.2, 0) is 0 Å². The number of methoxy groups -OCH3 is 2. The van der Waals surface area contributed by atoms with Crippen molar-refractivity contribution in [2.45, 2.75) is 12.8 Å². The number of carbonyl (C=O) groups is 2. The minimum atomic E-state index is -0.0561. The number of Topliss-reactive ketones (excluding diaryl/α,β-unsaturated/α-hetero) is 1. The van der Waals surface area contributed by atoms with Crippen molar-refractivity contribution in [1.29, 1.82) is 0 Å². The summed E-state index contributed by atoms with van der Waals surface area (Å²) in [7, 11) is 3.22. The van der Waals surface area contributed by atoms with Crippen molar-refractivity contribution in [1.82, 2.24) is 9.88 Å². The van der Waals surface area contributed by atoms with Crippen LogP contribution in [0.3, 0.4) is 0 Å². The van der Waals surface area contributed by atoms with Crippen LogP contribution in [0.15, 0.2) is 48.5 Å². The van der Waals surface area contributed by atoms with Gasteiger partial charge < -0.3 is 19.4 Å². The molecule has 0 saturated carbocycles. The first-order valence-electron chi connectivity index (χ1n) is 9.73. The number of benzene rings is 2. The van der Waals surface area contributed by atoms with Crippen molar-refractivity contribution < 1.29 is 19.1 Å². The van der Waals surface area contributed by atoms with Crippen LogP contribution >= 0.6 is 0 Å². The van der Waals surface area contributed by atoms with E-state index in [9.17, 15) is 9.59 Å². The van der Waals surface area contributed by atoms with Crippen LogP contribution in [0.1, 0.15) is 33.7 Å². The number of likely N-dealkylation sites (tertiary alicyclic amines) is 1. The highest BCUT2D eigenvalue weighted by Crippen LogP contribution is 2.26. The lowest BCUT2D eigenvalue weighted by molar-refractivity contribution is 0.0646. The van der Waals surface area contributed by atoms with E-state index in [0.717, 1.165) is 22.4 Å². The summed E-state index contributed by atoms with van der Waals surface area (Å²) in [5.74, 6) is 1.53. The monoisotopic (exact) mass is 392 g/mol. The quantitative estimate of drug-likeness (QED) is 0.668. The summed E-state index contributed by atoms with van der Waals surface area (Å²) >= 11 is 0. The maximum atomic E-state index is 12.9. The predicted molar refractivity (Wildman–Crippen MR) is 111 cm³/mol. The van der Waals surface area contributed by atoms with E-state index in [1.807, 2.05) is 29.2 Å². The van der Waals surface area contributed by atoms with Crippen molar-refractivity contribution in [3.63, 3.8) is 0 Å². The number of nitrogens with zero attached hydrogens (tertiary/aromatic N) is 1. The van der Waals surface area contributed by atoms with Crippen LogP contribution in [0, 0.1) is 5.92 Å². The maximum absolute atomic E-state index is 12.9. The van der Waals surface area contributed by atoms with Gasteiger partial charge in [0, 0.05) is 41.5 Å². The molecule has 2 aromatic carbocycles. The SMILES string of the molecule is COc1ccc(C(=O)C2CCN(C(=O)c3cc4ccc(OC)cc4[nH]3)CC2)cc1. The Morgan fingerprint density at radius 3 is 2.24 bits per heavy atom. The summed E-state index contributed by atoms with van der Waals surface area (Å²) in [4.78, 5) is 30.7. The lowest BCUT2D eigenvalue weighted by Crippen LogP contribution is -2.40. The third-order valence-corrected chi connectivity index (χ3v) is 5.59. The van der Waals surface area contributed by atoms with Crippen LogP contribution in [0.2, 0.25) is 0 Å². The molecule has 0 spiro atoms. The average Bonchev–Trinajstić information content (AvgIpc) is 3.21. The number of fused-ring (bicyclic) bond motifs is 1. The molecule has 29 heavy (non-hydrogen) atoms. The lowest BCUT2D eigenvalue weighted by atomic mass is 9.89. The zero-order chi connectivity index (χ0) is 20.4. The summed E-state index contributed by atoms with van der Waals surface area (Å²) in [6.07, 6.45) is 1.34. The van der Waals surface area contributed by atoms with Gasteiger partial charge in [0.2, 0.25) is 0 Å². The van der Waals surface area contributed by atoms with Crippen molar-refractivity contribution in [2.24, 2.45) is 5.92 Å². The second-order valence-electron chi connectivity index (χ2n) is 7.30. The van der Waals surface area contributed by atoms with E-state index in [-0.39, 0.29) is 17.6 Å². The summed E-state index contributed by atoms with van der Waals surface area (Å²) < 4.78 is 10.4. The fraction of sp³-hybridized carbons (Fsp3) is 0.304. The Morgan fingerprint density at radius 2 is 1.59 bits per heavy atom. The molecule has 1 aliphatic heterocycles. The molecule has 1 N–H and O–H groups in total. The number of hydrogen-bond donors (Lipinski definition) is 1. The van der Waals surface area contributed by atoms with Gasteiger partial charge in [0.1, 0.15) is 17.2 Å². The molecule has 1 aliphatic rings. The van der Waals surface area contributed by atoms with Crippen molar-refractivity contribution in [3.05, 3.63) is 59.8 Å². The largest absolute Gasteiger partial charge is 0.497 e. The molecule has 6 nitrogen and oxygen atoms in total. The molecule has 0 unspecified atom stereocenters. The van der Waals surface area contributed by atoms with Gasteiger partial charge in [-0.15, -0.1) is 0 Å². The predicted octanol–water partition coefficient (Wildman–Crippen LogP) is 3.92. The second kappa shape index (κ2) is 7.99. The maximum Gasteiger partial charge on any atom is 0.270 e. The van der Waals surface area contributed by atoms with E-state index in [2.05, 4.69) is 4.98 Å². The van der Waals surface area contributed by atoms with E-state index in [1.54, 1.807) is 38.5 Å². The first kappa shape index (κ1) is 19.1. The molecule has 0 aliphatic carbocycles. The zero-order valence-corrected chi connectivity index (χ0v) is 16.6. The number of H-pyrrole nitrogens is 1. The highest BCUT2D eigenvalue weighted by Gasteiger charge is 2.29. The van der Waals surface area contributed by atoms with Gasteiger partial charge in [-0.25, -0.2) is 0 Å². The topological polar surface area (TPSA) is 71.6 Å². The summed E-state index contributed by atoms with van der Waals surface area (Å²) in [5.41, 5.74) is 2.13. The molecular formula is C23H24N2O4. The van der Waals surface area contributed by atoms with Gasteiger partial charge in [0.15, 0.2) is 5.78 Å². The normalized spacial score (nSPS) is 14.8. The number of aromatic nitrogens is 1. The smallest absolute Gasteiger partial charge is 0.270 e. The summed E-state index contributed by atoms with van der Waals surface area (Å²) in [5, 5.41) is 0.971. The molecule has 150 valence electrons. The van der Waals surface area contributed by atoms with E-state index in [4.69, 9.17) is 9.47 Å². The van der Waals surface area contributed by atoms with Gasteiger partial charge in [-0.2, -0.15) is 0 Å². The van der Waals surface area contributed by atoms with Crippen molar-refractivity contribution in [3.8, 4) is 11.5 Å². The minimum Gasteiger partial charge on any atom is -0.497 e. The molecular weight excluding hydrogens is 368 g/mol. The van der Waals surface area contributed by atoms with Crippen molar-refractivity contribution in [2.75, 3.05) is 27.3 Å². The summed E-state index contributed by atoms with van der Waals surface area (Å²) in [6.45, 7) is 1.15. The molecule has 1 aromatic heterocycles. The molecule has 2 heterocycles. The van der Waals surface area contributed by atoms with E-state index >= 15 is 0 Å². The number of aromatic amines is 1. The first-order valence-corrected chi connectivity index (χ1v) is 9.73. The molecule has 0 atom stereocenters. The Morgan fingerprint density at radius 1 is 0.931 bits per heavy atom. The molecule has 6 heteroatoms. The number of ketones is 1. The van der Waals surface area contributed by atoms with Gasteiger partial charge in [-0.1, -0.05) is 0 Å². The minimum absolute atomic E-state index is 0.0319. The standard InChI is InChI=1S/C23H24N2O4/c1-28-18-6-3-15(4-7-18)22(26)16-9-11-25(12-10-16)23(27)21-13-17-5-8-19(29-2)14-20(17)24-21/h3-8,13-14,16,24H,9-12H2,1-2H3. The Kier molecular flexibility index (Phi) is 5.25. The molecule has 4 rings (SSSR count). The van der Waals surface area contributed by atoms with E-state index in [1.165, 1.54) is 0 Å². The molecule has 1 fully saturated rings. The number of hydrogen-bond acceptors (Lipinski definition) is 4. The Balaban J connectivity index is 1.41. The zero-order valence-electron chi connectivity index (χ0n) is 16.6. The third-order valence-electron chi connectivity index (χ3n) is 5.59. The highest BCUT2D eigenvalue weighted by molar-refractivity contribution is 5.99. The summed E-state index contributed by atoms with van der Waals surface area (Å²) in [6, 6.07) is 14.8. The number of rotatable bonds is 5. The highest BCUT2D eigenvalue weighted by atomic mass is 16.5. The molecule has 3 aromatic rings. The second-order valence-corrected chi connectivity index (χ2v) is 7.30. The van der Waals surface area contributed by atoms with E-state index < -0.39 is 0 Å².